The molecule has 0 amide bonds. The van der Waals surface area contributed by atoms with Gasteiger partial charge < -0.3 is 10.1 Å². The lowest BCUT2D eigenvalue weighted by Gasteiger charge is -2.33. The van der Waals surface area contributed by atoms with Gasteiger partial charge in [0.25, 0.3) is 0 Å². The van der Waals surface area contributed by atoms with Crippen LogP contribution in [0.2, 0.25) is 0 Å². The summed E-state index contributed by atoms with van der Waals surface area (Å²) >= 11 is 0. The Morgan fingerprint density at radius 1 is 1.18 bits per heavy atom. The van der Waals surface area contributed by atoms with Gasteiger partial charge in [0.2, 0.25) is 0 Å². The highest BCUT2D eigenvalue weighted by Gasteiger charge is 2.24. The average Bonchev–Trinajstić information content (AvgIpc) is 2.29. The average molecular weight is 241 g/mol. The molecule has 2 heteroatoms. The Balaban J connectivity index is 2.40. The van der Waals surface area contributed by atoms with Gasteiger partial charge in [-0.3, -0.25) is 0 Å². The molecule has 0 radical (unpaired) electrons. The largest absolute Gasteiger partial charge is 0.374 e. The molecule has 2 nitrogen and oxygen atoms in total. The molecule has 0 aliphatic heterocycles. The molecule has 1 aliphatic rings. The molecule has 0 spiro atoms. The predicted molar refractivity (Wildman–Crippen MR) is 74.4 cm³/mol. The highest BCUT2D eigenvalue weighted by Crippen LogP contribution is 2.27. The van der Waals surface area contributed by atoms with Crippen LogP contribution in [-0.4, -0.2) is 24.8 Å². The summed E-state index contributed by atoms with van der Waals surface area (Å²) in [5.41, 5.74) is -0.0131. The van der Waals surface area contributed by atoms with E-state index < -0.39 is 0 Å². The second-order valence-corrected chi connectivity index (χ2v) is 6.38. The first-order valence-corrected chi connectivity index (χ1v) is 7.40. The van der Waals surface area contributed by atoms with Gasteiger partial charge in [-0.15, -0.1) is 0 Å². The van der Waals surface area contributed by atoms with E-state index in [-0.39, 0.29) is 5.60 Å². The fraction of sp³-hybridized carbons (Fsp3) is 1.00. The highest BCUT2D eigenvalue weighted by molar-refractivity contribution is 4.80. The minimum atomic E-state index is -0.0131. The zero-order valence-electron chi connectivity index (χ0n) is 12.2. The Bertz CT molecular complexity index is 192. The van der Waals surface area contributed by atoms with Crippen molar-refractivity contribution >= 4 is 0 Å². The molecule has 0 saturated heterocycles. The normalized spacial score (nSPS) is 20.5. The van der Waals surface area contributed by atoms with Gasteiger partial charge in [0.15, 0.2) is 0 Å². The van der Waals surface area contributed by atoms with E-state index >= 15 is 0 Å². The summed E-state index contributed by atoms with van der Waals surface area (Å²) in [5.74, 6) is 0.831. The quantitative estimate of drug-likeness (QED) is 0.764. The molecule has 17 heavy (non-hydrogen) atoms. The van der Waals surface area contributed by atoms with Crippen LogP contribution in [0.15, 0.2) is 0 Å². The van der Waals surface area contributed by atoms with E-state index in [0.717, 1.165) is 19.1 Å². The smallest absolute Gasteiger partial charge is 0.0629 e. The van der Waals surface area contributed by atoms with Crippen molar-refractivity contribution in [1.29, 1.82) is 0 Å². The van der Waals surface area contributed by atoms with E-state index in [0.29, 0.717) is 6.04 Å². The zero-order chi connectivity index (χ0) is 12.7. The van der Waals surface area contributed by atoms with Crippen molar-refractivity contribution in [3.8, 4) is 0 Å². The molecule has 0 aromatic carbocycles. The van der Waals surface area contributed by atoms with Crippen LogP contribution in [0, 0.1) is 5.92 Å². The van der Waals surface area contributed by atoms with Crippen LogP contribution in [0.3, 0.4) is 0 Å². The molecule has 1 saturated carbocycles. The van der Waals surface area contributed by atoms with Gasteiger partial charge in [-0.2, -0.15) is 0 Å². The molecular weight excluding hydrogens is 210 g/mol. The summed E-state index contributed by atoms with van der Waals surface area (Å²) < 4.78 is 5.98. The Morgan fingerprint density at radius 3 is 2.35 bits per heavy atom. The summed E-state index contributed by atoms with van der Waals surface area (Å²) in [4.78, 5) is 0. The third-order valence-corrected chi connectivity index (χ3v) is 3.57. The van der Waals surface area contributed by atoms with E-state index in [4.69, 9.17) is 4.74 Å². The number of hydrogen-bond donors (Lipinski definition) is 1. The van der Waals surface area contributed by atoms with Crippen molar-refractivity contribution in [3.05, 3.63) is 0 Å². The third kappa shape index (κ3) is 6.42. The zero-order valence-corrected chi connectivity index (χ0v) is 12.2. The fourth-order valence-corrected chi connectivity index (χ4v) is 2.57. The van der Waals surface area contributed by atoms with E-state index in [1.165, 1.54) is 38.5 Å². The SMILES string of the molecule is CCCNC(COC(C)(C)C)C1CCCCC1. The molecule has 0 bridgehead atoms. The lowest BCUT2D eigenvalue weighted by Crippen LogP contribution is -2.43. The molecule has 1 N–H and O–H groups in total. The summed E-state index contributed by atoms with van der Waals surface area (Å²) in [6.07, 6.45) is 8.22. The molecule has 1 rings (SSSR count). The minimum absolute atomic E-state index is 0.0131. The minimum Gasteiger partial charge on any atom is -0.374 e. The molecule has 1 fully saturated rings. The maximum atomic E-state index is 5.98. The van der Waals surface area contributed by atoms with Gasteiger partial charge in [0.1, 0.15) is 0 Å². The molecule has 0 aromatic heterocycles. The van der Waals surface area contributed by atoms with Gasteiger partial charge in [-0.25, -0.2) is 0 Å². The maximum absolute atomic E-state index is 5.98. The Kier molecular flexibility index (Phi) is 6.50. The summed E-state index contributed by atoms with van der Waals surface area (Å²) in [6.45, 7) is 10.7. The van der Waals surface area contributed by atoms with Crippen molar-refractivity contribution in [2.24, 2.45) is 5.92 Å². The maximum Gasteiger partial charge on any atom is 0.0629 e. The van der Waals surface area contributed by atoms with E-state index in [9.17, 15) is 0 Å². The van der Waals surface area contributed by atoms with Gasteiger partial charge in [-0.05, 0) is 52.5 Å². The second kappa shape index (κ2) is 7.38. The van der Waals surface area contributed by atoms with E-state index in [1.54, 1.807) is 0 Å². The van der Waals surface area contributed by atoms with Gasteiger partial charge in [0.05, 0.1) is 12.2 Å². The molecule has 0 heterocycles. The van der Waals surface area contributed by atoms with Gasteiger partial charge in [0, 0.05) is 6.04 Å². The van der Waals surface area contributed by atoms with Crippen molar-refractivity contribution in [3.63, 3.8) is 0 Å². The lowest BCUT2D eigenvalue weighted by atomic mass is 9.84. The van der Waals surface area contributed by atoms with Crippen LogP contribution in [0.25, 0.3) is 0 Å². The number of hydrogen-bond acceptors (Lipinski definition) is 2. The lowest BCUT2D eigenvalue weighted by molar-refractivity contribution is -0.0246. The standard InChI is InChI=1S/C15H31NO/c1-5-11-16-14(12-17-15(2,3)4)13-9-7-6-8-10-13/h13-14,16H,5-12H2,1-4H3. The van der Waals surface area contributed by atoms with Gasteiger partial charge in [-0.1, -0.05) is 26.2 Å². The third-order valence-electron chi connectivity index (χ3n) is 3.57. The summed E-state index contributed by atoms with van der Waals surface area (Å²) in [6, 6.07) is 0.564. The van der Waals surface area contributed by atoms with Crippen LogP contribution in [0.4, 0.5) is 0 Å². The Labute approximate surface area is 108 Å². The van der Waals surface area contributed by atoms with E-state index in [2.05, 4.69) is 33.0 Å². The number of rotatable bonds is 6. The van der Waals surface area contributed by atoms with Crippen LogP contribution in [-0.2, 0) is 4.74 Å². The Morgan fingerprint density at radius 2 is 1.82 bits per heavy atom. The highest BCUT2D eigenvalue weighted by atomic mass is 16.5. The second-order valence-electron chi connectivity index (χ2n) is 6.38. The van der Waals surface area contributed by atoms with Crippen molar-refractivity contribution < 1.29 is 4.74 Å². The van der Waals surface area contributed by atoms with Crippen molar-refractivity contribution in [2.75, 3.05) is 13.2 Å². The monoisotopic (exact) mass is 241 g/mol. The van der Waals surface area contributed by atoms with Crippen LogP contribution < -0.4 is 5.32 Å². The first-order chi connectivity index (χ1) is 8.03. The van der Waals surface area contributed by atoms with Crippen LogP contribution >= 0.6 is 0 Å². The predicted octanol–water partition coefficient (Wildman–Crippen LogP) is 3.75. The van der Waals surface area contributed by atoms with E-state index in [1.807, 2.05) is 0 Å². The van der Waals surface area contributed by atoms with Crippen molar-refractivity contribution in [1.82, 2.24) is 5.32 Å². The number of ether oxygens (including phenoxy) is 1. The molecule has 0 aromatic rings. The number of nitrogens with one attached hydrogen (secondary N) is 1. The van der Waals surface area contributed by atoms with Crippen molar-refractivity contribution in [2.45, 2.75) is 77.9 Å². The Hall–Kier alpha value is -0.0800. The molecule has 1 atom stereocenters. The van der Waals surface area contributed by atoms with Crippen LogP contribution in [0.1, 0.15) is 66.2 Å². The summed E-state index contributed by atoms with van der Waals surface area (Å²) in [5, 5.41) is 3.69. The molecule has 1 aliphatic carbocycles. The topological polar surface area (TPSA) is 21.3 Å². The van der Waals surface area contributed by atoms with Crippen LogP contribution in [0.5, 0.6) is 0 Å². The fourth-order valence-electron chi connectivity index (χ4n) is 2.57. The summed E-state index contributed by atoms with van der Waals surface area (Å²) in [7, 11) is 0. The van der Waals surface area contributed by atoms with Gasteiger partial charge >= 0.3 is 0 Å². The molecule has 102 valence electrons. The first-order valence-electron chi connectivity index (χ1n) is 7.40. The molecular formula is C15H31NO. The first kappa shape index (κ1) is 15.0. The molecule has 1 unspecified atom stereocenters.